The number of hydrogen-bond donors (Lipinski definition) is 3. The van der Waals surface area contributed by atoms with Gasteiger partial charge in [0.25, 0.3) is 0 Å². The molecule has 0 fully saturated rings. The minimum atomic E-state index is 0. The molecule has 0 aliphatic rings. The van der Waals surface area contributed by atoms with Crippen molar-refractivity contribution in [3.05, 3.63) is 12.4 Å². The number of nitrogens with zero attached hydrogens (tertiary/aromatic N) is 1. The molecule has 6 heteroatoms. The van der Waals surface area contributed by atoms with Gasteiger partial charge < -0.3 is 16.0 Å². The van der Waals surface area contributed by atoms with Gasteiger partial charge in [0.2, 0.25) is 0 Å². The molecule has 4 nitrogen and oxygen atoms in total. The van der Waals surface area contributed by atoms with Gasteiger partial charge in [-0.05, 0) is 0 Å². The SMILES string of the molecule is Cl.Cl.NCCNc1ncc[nH]1. The Bertz CT molecular complexity index is 154. The Labute approximate surface area is 77.8 Å². The second-order valence-corrected chi connectivity index (χ2v) is 1.65. The molecule has 11 heavy (non-hydrogen) atoms. The summed E-state index contributed by atoms with van der Waals surface area (Å²) in [5.41, 5.74) is 5.24. The van der Waals surface area contributed by atoms with Crippen molar-refractivity contribution < 1.29 is 0 Å². The monoisotopic (exact) mass is 198 g/mol. The van der Waals surface area contributed by atoms with E-state index in [0.29, 0.717) is 6.54 Å². The van der Waals surface area contributed by atoms with E-state index in [9.17, 15) is 0 Å². The zero-order valence-electron chi connectivity index (χ0n) is 5.91. The van der Waals surface area contributed by atoms with Gasteiger partial charge in [0.05, 0.1) is 0 Å². The fourth-order valence-corrected chi connectivity index (χ4v) is 0.553. The lowest BCUT2D eigenvalue weighted by Gasteiger charge is -1.96. The maximum Gasteiger partial charge on any atom is 0.200 e. The third-order valence-corrected chi connectivity index (χ3v) is 0.935. The molecule has 1 rings (SSSR count). The molecular weight excluding hydrogens is 187 g/mol. The summed E-state index contributed by atoms with van der Waals surface area (Å²) in [5, 5.41) is 2.98. The Morgan fingerprint density at radius 3 is 2.73 bits per heavy atom. The molecule has 1 heterocycles. The lowest BCUT2D eigenvalue weighted by molar-refractivity contribution is 1.00. The Kier molecular flexibility index (Phi) is 9.16. The predicted molar refractivity (Wildman–Crippen MR) is 50.6 cm³/mol. The highest BCUT2D eigenvalue weighted by atomic mass is 35.5. The maximum atomic E-state index is 5.24. The third kappa shape index (κ3) is 4.89. The van der Waals surface area contributed by atoms with E-state index in [1.165, 1.54) is 0 Å². The van der Waals surface area contributed by atoms with Crippen LogP contribution in [0.5, 0.6) is 0 Å². The minimum absolute atomic E-state index is 0. The van der Waals surface area contributed by atoms with Gasteiger partial charge in [0, 0.05) is 25.5 Å². The summed E-state index contributed by atoms with van der Waals surface area (Å²) in [7, 11) is 0. The molecule has 0 saturated heterocycles. The molecule has 0 aliphatic heterocycles. The summed E-state index contributed by atoms with van der Waals surface area (Å²) >= 11 is 0. The normalized spacial score (nSPS) is 7.73. The van der Waals surface area contributed by atoms with Crippen LogP contribution in [0.3, 0.4) is 0 Å². The van der Waals surface area contributed by atoms with E-state index in [1.807, 2.05) is 0 Å². The smallest absolute Gasteiger partial charge is 0.200 e. The number of imidazole rings is 1. The van der Waals surface area contributed by atoms with E-state index < -0.39 is 0 Å². The molecule has 0 aromatic carbocycles. The summed E-state index contributed by atoms with van der Waals surface area (Å²) in [5.74, 6) is 0.778. The van der Waals surface area contributed by atoms with E-state index in [1.54, 1.807) is 12.4 Å². The molecule has 0 spiro atoms. The van der Waals surface area contributed by atoms with Crippen molar-refractivity contribution in [2.75, 3.05) is 18.4 Å². The predicted octanol–water partition coefficient (Wildman–Crippen LogP) is 0.624. The van der Waals surface area contributed by atoms with Crippen molar-refractivity contribution in [2.45, 2.75) is 0 Å². The number of aromatic nitrogens is 2. The molecule has 0 unspecified atom stereocenters. The summed E-state index contributed by atoms with van der Waals surface area (Å²) in [6.45, 7) is 1.38. The number of hydrogen-bond acceptors (Lipinski definition) is 3. The molecule has 66 valence electrons. The molecule has 0 radical (unpaired) electrons. The van der Waals surface area contributed by atoms with Crippen LogP contribution < -0.4 is 11.1 Å². The van der Waals surface area contributed by atoms with Crippen molar-refractivity contribution in [1.82, 2.24) is 9.97 Å². The van der Waals surface area contributed by atoms with Crippen LogP contribution in [0.1, 0.15) is 0 Å². The second-order valence-electron chi connectivity index (χ2n) is 1.65. The number of aromatic amines is 1. The number of halogens is 2. The van der Waals surface area contributed by atoms with Crippen LogP contribution in [0.25, 0.3) is 0 Å². The van der Waals surface area contributed by atoms with Crippen LogP contribution in [0, 0.1) is 0 Å². The van der Waals surface area contributed by atoms with Crippen molar-refractivity contribution in [2.24, 2.45) is 5.73 Å². The van der Waals surface area contributed by atoms with Crippen LogP contribution in [0.15, 0.2) is 12.4 Å². The van der Waals surface area contributed by atoms with Gasteiger partial charge in [-0.1, -0.05) is 0 Å². The number of H-pyrrole nitrogens is 1. The first kappa shape index (κ1) is 13.2. The van der Waals surface area contributed by atoms with Gasteiger partial charge in [-0.15, -0.1) is 24.8 Å². The molecule has 1 aromatic rings. The largest absolute Gasteiger partial charge is 0.355 e. The van der Waals surface area contributed by atoms with Gasteiger partial charge in [0.1, 0.15) is 0 Å². The minimum Gasteiger partial charge on any atom is -0.355 e. The van der Waals surface area contributed by atoms with Gasteiger partial charge in [-0.25, -0.2) is 4.98 Å². The standard InChI is InChI=1S/C5H10N4.2ClH/c6-1-2-7-5-8-3-4-9-5;;/h3-4H,1-2,6H2,(H2,7,8,9);2*1H. The summed E-state index contributed by atoms with van der Waals surface area (Å²) in [6, 6.07) is 0. The Hall–Kier alpha value is -0.450. The van der Waals surface area contributed by atoms with E-state index in [2.05, 4.69) is 15.3 Å². The number of rotatable bonds is 3. The average Bonchev–Trinajstić information content (AvgIpc) is 2.34. The lowest BCUT2D eigenvalue weighted by atomic mass is 10.6. The molecule has 1 aromatic heterocycles. The van der Waals surface area contributed by atoms with Crippen molar-refractivity contribution in [3.63, 3.8) is 0 Å². The highest BCUT2D eigenvalue weighted by molar-refractivity contribution is 5.85. The topological polar surface area (TPSA) is 66.7 Å². The Balaban J connectivity index is 0. The molecule has 0 atom stereocenters. The fraction of sp³-hybridized carbons (Fsp3) is 0.400. The van der Waals surface area contributed by atoms with E-state index >= 15 is 0 Å². The van der Waals surface area contributed by atoms with Crippen LogP contribution in [0.2, 0.25) is 0 Å². The first-order valence-corrected chi connectivity index (χ1v) is 2.87. The van der Waals surface area contributed by atoms with E-state index in [0.717, 1.165) is 12.5 Å². The molecular formula is C5H12Cl2N4. The zero-order chi connectivity index (χ0) is 6.53. The molecule has 0 saturated carbocycles. The van der Waals surface area contributed by atoms with Crippen LogP contribution in [0.4, 0.5) is 5.95 Å². The average molecular weight is 199 g/mol. The number of anilines is 1. The molecule has 0 amide bonds. The van der Waals surface area contributed by atoms with Gasteiger partial charge in [0.15, 0.2) is 5.95 Å². The zero-order valence-corrected chi connectivity index (χ0v) is 7.54. The van der Waals surface area contributed by atoms with Gasteiger partial charge in [-0.3, -0.25) is 0 Å². The van der Waals surface area contributed by atoms with Gasteiger partial charge in [-0.2, -0.15) is 0 Å². The van der Waals surface area contributed by atoms with Crippen molar-refractivity contribution >= 4 is 30.8 Å². The van der Waals surface area contributed by atoms with E-state index in [-0.39, 0.29) is 24.8 Å². The first-order valence-electron chi connectivity index (χ1n) is 2.87. The Morgan fingerprint density at radius 1 is 1.55 bits per heavy atom. The first-order chi connectivity index (χ1) is 4.43. The molecule has 0 bridgehead atoms. The second kappa shape index (κ2) is 7.65. The van der Waals surface area contributed by atoms with E-state index in [4.69, 9.17) is 5.73 Å². The fourth-order valence-electron chi connectivity index (χ4n) is 0.553. The van der Waals surface area contributed by atoms with Crippen molar-refractivity contribution in [3.8, 4) is 0 Å². The van der Waals surface area contributed by atoms with Crippen LogP contribution >= 0.6 is 24.8 Å². The number of nitrogens with one attached hydrogen (secondary N) is 2. The lowest BCUT2D eigenvalue weighted by Crippen LogP contribution is -2.13. The number of nitrogens with two attached hydrogens (primary N) is 1. The van der Waals surface area contributed by atoms with Crippen LogP contribution in [-0.4, -0.2) is 23.1 Å². The maximum absolute atomic E-state index is 5.24. The third-order valence-electron chi connectivity index (χ3n) is 0.935. The molecule has 0 aliphatic carbocycles. The summed E-state index contributed by atoms with van der Waals surface area (Å²) < 4.78 is 0. The quantitative estimate of drug-likeness (QED) is 0.668. The summed E-state index contributed by atoms with van der Waals surface area (Å²) in [4.78, 5) is 6.83. The summed E-state index contributed by atoms with van der Waals surface area (Å²) in [6.07, 6.45) is 3.46. The highest BCUT2D eigenvalue weighted by Gasteiger charge is 1.87. The van der Waals surface area contributed by atoms with Gasteiger partial charge >= 0.3 is 0 Å². The molecule has 4 N–H and O–H groups in total. The highest BCUT2D eigenvalue weighted by Crippen LogP contribution is 1.91. The Morgan fingerprint density at radius 2 is 2.27 bits per heavy atom. The van der Waals surface area contributed by atoms with Crippen molar-refractivity contribution in [1.29, 1.82) is 0 Å². The van der Waals surface area contributed by atoms with Crippen LogP contribution in [-0.2, 0) is 0 Å².